The van der Waals surface area contributed by atoms with Gasteiger partial charge in [-0.1, -0.05) is 18.2 Å². The van der Waals surface area contributed by atoms with E-state index in [1.54, 1.807) is 24.3 Å². The van der Waals surface area contributed by atoms with Crippen LogP contribution in [0, 0.1) is 0 Å². The Morgan fingerprint density at radius 2 is 1.65 bits per heavy atom. The maximum absolute atomic E-state index is 10.2. The number of hydrogen-bond acceptors (Lipinski definition) is 4. The first-order valence-electron chi connectivity index (χ1n) is 4.93. The van der Waals surface area contributed by atoms with Crippen molar-refractivity contribution in [3.8, 4) is 5.75 Å². The molecular formula is C11H12N2O4. The fourth-order valence-electron chi connectivity index (χ4n) is 1.11. The van der Waals surface area contributed by atoms with Gasteiger partial charge >= 0.3 is 6.09 Å². The van der Waals surface area contributed by atoms with Crippen molar-refractivity contribution in [2.45, 2.75) is 12.8 Å². The number of hydrogen-bond donors (Lipinski definition) is 2. The fraction of sp³-hybridized carbons (Fsp3) is 0.182. The van der Waals surface area contributed by atoms with E-state index in [0.717, 1.165) is 0 Å². The molecular weight excluding hydrogens is 224 g/mol. The zero-order chi connectivity index (χ0) is 12.7. The maximum atomic E-state index is 10.2. The molecule has 1 fully saturated rings. The van der Waals surface area contributed by atoms with Crippen LogP contribution in [0.25, 0.3) is 0 Å². The van der Waals surface area contributed by atoms with E-state index in [9.17, 15) is 14.4 Å². The van der Waals surface area contributed by atoms with Crippen molar-refractivity contribution >= 4 is 17.9 Å². The van der Waals surface area contributed by atoms with Crippen molar-refractivity contribution < 1.29 is 19.1 Å². The van der Waals surface area contributed by atoms with Crippen LogP contribution in [-0.2, 0) is 9.59 Å². The highest BCUT2D eigenvalue weighted by molar-refractivity contribution is 6.01. The Kier molecular flexibility index (Phi) is 4.68. The lowest BCUT2D eigenvalue weighted by Crippen LogP contribution is -2.18. The summed E-state index contributed by atoms with van der Waals surface area (Å²) in [7, 11) is 0. The molecule has 0 atom stereocenters. The summed E-state index contributed by atoms with van der Waals surface area (Å²) in [6.07, 6.45) is -0.0382. The molecule has 0 spiro atoms. The number of primary amides is 1. The Hall–Kier alpha value is -2.37. The van der Waals surface area contributed by atoms with Gasteiger partial charge in [-0.25, -0.2) is 4.79 Å². The van der Waals surface area contributed by atoms with Gasteiger partial charge in [-0.15, -0.1) is 0 Å². The van der Waals surface area contributed by atoms with E-state index in [-0.39, 0.29) is 11.8 Å². The number of imide groups is 1. The van der Waals surface area contributed by atoms with Crippen molar-refractivity contribution in [1.29, 1.82) is 0 Å². The second-order valence-corrected chi connectivity index (χ2v) is 3.21. The molecule has 1 saturated heterocycles. The molecule has 0 aliphatic carbocycles. The Morgan fingerprint density at radius 3 is 2.00 bits per heavy atom. The Bertz CT molecular complexity index is 403. The first-order chi connectivity index (χ1) is 8.08. The molecule has 0 unspecified atom stereocenters. The third-order valence-corrected chi connectivity index (χ3v) is 1.82. The van der Waals surface area contributed by atoms with Gasteiger partial charge in [-0.3, -0.25) is 14.9 Å². The molecule has 17 heavy (non-hydrogen) atoms. The molecule has 0 bridgehead atoms. The second kappa shape index (κ2) is 6.26. The number of para-hydroxylation sites is 1. The summed E-state index contributed by atoms with van der Waals surface area (Å²) in [6.45, 7) is 0. The Morgan fingerprint density at radius 1 is 1.12 bits per heavy atom. The zero-order valence-corrected chi connectivity index (χ0v) is 9.01. The summed E-state index contributed by atoms with van der Waals surface area (Å²) in [4.78, 5) is 30.4. The van der Waals surface area contributed by atoms with Crippen LogP contribution < -0.4 is 15.8 Å². The van der Waals surface area contributed by atoms with E-state index in [0.29, 0.717) is 18.6 Å². The first kappa shape index (κ1) is 12.7. The van der Waals surface area contributed by atoms with Gasteiger partial charge in [0.25, 0.3) is 0 Å². The van der Waals surface area contributed by atoms with Crippen LogP contribution in [-0.4, -0.2) is 17.9 Å². The van der Waals surface area contributed by atoms with Gasteiger partial charge in [0.1, 0.15) is 5.75 Å². The monoisotopic (exact) mass is 236 g/mol. The third-order valence-electron chi connectivity index (χ3n) is 1.82. The molecule has 2 rings (SSSR count). The molecule has 3 amide bonds. The van der Waals surface area contributed by atoms with Crippen molar-refractivity contribution in [1.82, 2.24) is 5.32 Å². The van der Waals surface area contributed by atoms with Crippen molar-refractivity contribution in [3.63, 3.8) is 0 Å². The number of rotatable bonds is 1. The minimum absolute atomic E-state index is 0.148. The fourth-order valence-corrected chi connectivity index (χ4v) is 1.11. The van der Waals surface area contributed by atoms with Crippen molar-refractivity contribution in [3.05, 3.63) is 30.3 Å². The van der Waals surface area contributed by atoms with Crippen LogP contribution in [0.5, 0.6) is 5.75 Å². The first-order valence-corrected chi connectivity index (χ1v) is 4.93. The van der Waals surface area contributed by atoms with Crippen LogP contribution in [0.3, 0.4) is 0 Å². The van der Waals surface area contributed by atoms with Crippen LogP contribution in [0.2, 0.25) is 0 Å². The maximum Gasteiger partial charge on any atom is 0.409 e. The van der Waals surface area contributed by atoms with E-state index in [4.69, 9.17) is 5.73 Å². The van der Waals surface area contributed by atoms with Gasteiger partial charge in [0.2, 0.25) is 11.8 Å². The number of benzene rings is 1. The SMILES string of the molecule is NC(=O)Oc1ccccc1.O=C1CCC(=O)N1. The van der Waals surface area contributed by atoms with Gasteiger partial charge in [-0.05, 0) is 12.1 Å². The summed E-state index contributed by atoms with van der Waals surface area (Å²) in [5.41, 5.74) is 4.76. The minimum Gasteiger partial charge on any atom is -0.411 e. The summed E-state index contributed by atoms with van der Waals surface area (Å²) < 4.78 is 4.55. The third kappa shape index (κ3) is 5.31. The van der Waals surface area contributed by atoms with Crippen LogP contribution in [0.15, 0.2) is 30.3 Å². The number of amides is 3. The zero-order valence-electron chi connectivity index (χ0n) is 9.01. The molecule has 1 aromatic rings. The van der Waals surface area contributed by atoms with Crippen LogP contribution in [0.4, 0.5) is 4.79 Å². The molecule has 90 valence electrons. The number of carbonyl (C=O) groups is 3. The normalized spacial score (nSPS) is 13.4. The number of nitrogens with two attached hydrogens (primary N) is 1. The van der Waals surface area contributed by atoms with Crippen LogP contribution >= 0.6 is 0 Å². The Labute approximate surface area is 97.7 Å². The smallest absolute Gasteiger partial charge is 0.409 e. The summed E-state index contributed by atoms with van der Waals surface area (Å²) in [5, 5.41) is 2.14. The van der Waals surface area contributed by atoms with Gasteiger partial charge in [-0.2, -0.15) is 0 Å². The highest BCUT2D eigenvalue weighted by Gasteiger charge is 2.15. The predicted molar refractivity (Wildman–Crippen MR) is 59.0 cm³/mol. The quantitative estimate of drug-likeness (QED) is 0.696. The van der Waals surface area contributed by atoms with Gasteiger partial charge in [0.15, 0.2) is 0 Å². The van der Waals surface area contributed by atoms with Crippen LogP contribution in [0.1, 0.15) is 12.8 Å². The lowest BCUT2D eigenvalue weighted by Gasteiger charge is -1.96. The molecule has 1 aliphatic rings. The minimum atomic E-state index is -0.786. The molecule has 6 nitrogen and oxygen atoms in total. The molecule has 0 aromatic heterocycles. The van der Waals surface area contributed by atoms with E-state index in [2.05, 4.69) is 10.1 Å². The molecule has 0 saturated carbocycles. The van der Waals surface area contributed by atoms with E-state index in [1.165, 1.54) is 0 Å². The topological polar surface area (TPSA) is 98.5 Å². The molecule has 6 heteroatoms. The molecule has 1 aromatic carbocycles. The lowest BCUT2D eigenvalue weighted by atomic mass is 10.3. The summed E-state index contributed by atoms with van der Waals surface area (Å²) in [6, 6.07) is 8.67. The largest absolute Gasteiger partial charge is 0.411 e. The standard InChI is InChI=1S/C7H7NO2.C4H5NO2/c8-7(9)10-6-4-2-1-3-5-6;6-3-1-2-4(7)5-3/h1-5H,(H2,8,9);1-2H2,(H,5,6,7). The highest BCUT2D eigenvalue weighted by Crippen LogP contribution is 2.07. The molecule has 1 heterocycles. The van der Waals surface area contributed by atoms with E-state index < -0.39 is 6.09 Å². The predicted octanol–water partition coefficient (Wildman–Crippen LogP) is 0.567. The number of carbonyl (C=O) groups excluding carboxylic acids is 3. The van der Waals surface area contributed by atoms with Crippen molar-refractivity contribution in [2.24, 2.45) is 5.73 Å². The summed E-state index contributed by atoms with van der Waals surface area (Å²) in [5.74, 6) is 0.171. The molecule has 0 radical (unpaired) electrons. The average Bonchev–Trinajstić information content (AvgIpc) is 2.64. The highest BCUT2D eigenvalue weighted by atomic mass is 16.5. The Balaban J connectivity index is 0.000000181. The van der Waals surface area contributed by atoms with Gasteiger partial charge < -0.3 is 10.5 Å². The second-order valence-electron chi connectivity index (χ2n) is 3.21. The van der Waals surface area contributed by atoms with Crippen molar-refractivity contribution in [2.75, 3.05) is 0 Å². The average molecular weight is 236 g/mol. The van der Waals surface area contributed by atoms with Gasteiger partial charge in [0.05, 0.1) is 0 Å². The molecule has 3 N–H and O–H groups in total. The van der Waals surface area contributed by atoms with E-state index >= 15 is 0 Å². The number of nitrogens with one attached hydrogen (secondary N) is 1. The lowest BCUT2D eigenvalue weighted by molar-refractivity contribution is -0.124. The summed E-state index contributed by atoms with van der Waals surface area (Å²) >= 11 is 0. The molecule has 1 aliphatic heterocycles. The van der Waals surface area contributed by atoms with Gasteiger partial charge in [0, 0.05) is 12.8 Å². The number of ether oxygens (including phenoxy) is 1. The van der Waals surface area contributed by atoms with E-state index in [1.807, 2.05) is 6.07 Å².